The van der Waals surface area contributed by atoms with Crippen molar-refractivity contribution in [3.05, 3.63) is 97.1 Å². The number of rotatable bonds is 15. The number of urea groups is 1. The van der Waals surface area contributed by atoms with Crippen LogP contribution in [0.25, 0.3) is 0 Å². The number of non-ortho nitro benzene ring substituents is 1. The molecule has 0 aliphatic carbocycles. The Kier molecular flexibility index (Phi) is 12.5. The summed E-state index contributed by atoms with van der Waals surface area (Å²) in [6, 6.07) is 13.0. The van der Waals surface area contributed by atoms with Gasteiger partial charge in [-0.3, -0.25) is 14.9 Å². The SMILES string of the molecule is CCOC(=O)C1=C(C)NC(=O)N[C@@H]1c1ccc(OCC(=O)N/N=C\c2cc(Br)c(OCc3ccc([N+](=O)[O-])cc3)c(OCC)c2)c(OC)c1. The first kappa shape index (κ1) is 36.2. The quantitative estimate of drug-likeness (QED) is 0.0822. The summed E-state index contributed by atoms with van der Waals surface area (Å²) in [7, 11) is 1.42. The van der Waals surface area contributed by atoms with Crippen LogP contribution in [0.15, 0.2) is 75.4 Å². The van der Waals surface area contributed by atoms with Gasteiger partial charge in [0.15, 0.2) is 29.6 Å². The van der Waals surface area contributed by atoms with E-state index < -0.39 is 35.5 Å². The molecule has 1 atom stereocenters. The van der Waals surface area contributed by atoms with Crippen LogP contribution in [-0.4, -0.2) is 56.0 Å². The first-order chi connectivity index (χ1) is 23.5. The number of amides is 3. The summed E-state index contributed by atoms with van der Waals surface area (Å²) < 4.78 is 28.6. The fourth-order valence-corrected chi connectivity index (χ4v) is 5.27. The van der Waals surface area contributed by atoms with Gasteiger partial charge < -0.3 is 34.3 Å². The molecule has 0 radical (unpaired) electrons. The van der Waals surface area contributed by atoms with Crippen LogP contribution < -0.4 is 35.0 Å². The molecule has 1 aliphatic rings. The second kappa shape index (κ2) is 17.0. The molecule has 1 aliphatic heterocycles. The maximum Gasteiger partial charge on any atom is 0.338 e. The molecule has 0 aromatic heterocycles. The minimum Gasteiger partial charge on any atom is -0.493 e. The number of hydrogen-bond donors (Lipinski definition) is 3. The normalized spacial score (nSPS) is 14.1. The molecular weight excluding hydrogens is 706 g/mol. The molecule has 16 heteroatoms. The highest BCUT2D eigenvalue weighted by atomic mass is 79.9. The zero-order valence-corrected chi connectivity index (χ0v) is 28.6. The Labute approximate surface area is 289 Å². The number of ether oxygens (including phenoxy) is 5. The minimum atomic E-state index is -0.799. The molecule has 3 amide bonds. The molecule has 0 saturated heterocycles. The molecule has 49 heavy (non-hydrogen) atoms. The summed E-state index contributed by atoms with van der Waals surface area (Å²) >= 11 is 3.49. The van der Waals surface area contributed by atoms with E-state index in [1.807, 2.05) is 6.92 Å². The van der Waals surface area contributed by atoms with Crippen molar-refractivity contribution in [3.8, 4) is 23.0 Å². The number of halogens is 1. The highest BCUT2D eigenvalue weighted by Crippen LogP contribution is 2.37. The van der Waals surface area contributed by atoms with E-state index in [1.54, 1.807) is 56.3 Å². The van der Waals surface area contributed by atoms with Gasteiger partial charge in [0.25, 0.3) is 11.6 Å². The molecule has 0 fully saturated rings. The minimum absolute atomic E-state index is 0.0130. The topological polar surface area (TPSA) is 189 Å². The molecule has 258 valence electrons. The summed E-state index contributed by atoms with van der Waals surface area (Å²) in [5.41, 5.74) is 4.87. The third-order valence-corrected chi connectivity index (χ3v) is 7.50. The van der Waals surface area contributed by atoms with E-state index in [0.29, 0.717) is 39.4 Å². The number of carbonyl (C=O) groups is 3. The molecule has 3 aromatic rings. The number of benzene rings is 3. The van der Waals surface area contributed by atoms with Crippen LogP contribution >= 0.6 is 15.9 Å². The van der Waals surface area contributed by atoms with Crippen LogP contribution in [0, 0.1) is 10.1 Å². The second-order valence-electron chi connectivity index (χ2n) is 10.3. The Morgan fingerprint density at radius 2 is 1.78 bits per heavy atom. The maximum atomic E-state index is 12.6. The van der Waals surface area contributed by atoms with Gasteiger partial charge in [0.1, 0.15) is 6.61 Å². The Morgan fingerprint density at radius 1 is 1.02 bits per heavy atom. The zero-order chi connectivity index (χ0) is 35.5. The smallest absolute Gasteiger partial charge is 0.338 e. The monoisotopic (exact) mass is 739 g/mol. The predicted molar refractivity (Wildman–Crippen MR) is 181 cm³/mol. The van der Waals surface area contributed by atoms with Crippen molar-refractivity contribution in [1.29, 1.82) is 0 Å². The van der Waals surface area contributed by atoms with E-state index in [0.717, 1.165) is 5.56 Å². The van der Waals surface area contributed by atoms with Crippen molar-refractivity contribution in [1.82, 2.24) is 16.1 Å². The number of carbonyl (C=O) groups excluding carboxylic acids is 3. The van der Waals surface area contributed by atoms with Gasteiger partial charge in [0, 0.05) is 17.8 Å². The lowest BCUT2D eigenvalue weighted by Gasteiger charge is -2.28. The van der Waals surface area contributed by atoms with Crippen LogP contribution in [0.3, 0.4) is 0 Å². The van der Waals surface area contributed by atoms with E-state index in [1.165, 1.54) is 25.5 Å². The molecule has 4 rings (SSSR count). The second-order valence-corrected chi connectivity index (χ2v) is 11.1. The van der Waals surface area contributed by atoms with E-state index in [4.69, 9.17) is 23.7 Å². The van der Waals surface area contributed by atoms with Gasteiger partial charge in [-0.1, -0.05) is 6.07 Å². The van der Waals surface area contributed by atoms with Crippen LogP contribution in [0.4, 0.5) is 10.5 Å². The highest BCUT2D eigenvalue weighted by molar-refractivity contribution is 9.10. The highest BCUT2D eigenvalue weighted by Gasteiger charge is 2.32. The number of nitro groups is 1. The lowest BCUT2D eigenvalue weighted by atomic mass is 9.95. The van der Waals surface area contributed by atoms with Crippen LogP contribution in [0.5, 0.6) is 23.0 Å². The van der Waals surface area contributed by atoms with E-state index in [9.17, 15) is 24.5 Å². The van der Waals surface area contributed by atoms with Crippen molar-refractivity contribution in [2.75, 3.05) is 26.9 Å². The number of methoxy groups -OCH3 is 1. The number of allylic oxidation sites excluding steroid dienone is 1. The summed E-state index contributed by atoms with van der Waals surface area (Å²) in [6.07, 6.45) is 1.42. The lowest BCUT2D eigenvalue weighted by Crippen LogP contribution is -2.45. The third kappa shape index (κ3) is 9.47. The van der Waals surface area contributed by atoms with E-state index in [-0.39, 0.29) is 36.0 Å². The van der Waals surface area contributed by atoms with Gasteiger partial charge in [-0.2, -0.15) is 5.10 Å². The lowest BCUT2D eigenvalue weighted by molar-refractivity contribution is -0.384. The third-order valence-electron chi connectivity index (χ3n) is 6.91. The molecule has 3 N–H and O–H groups in total. The number of hydrogen-bond acceptors (Lipinski definition) is 11. The maximum absolute atomic E-state index is 12.6. The standard InChI is InChI=1S/C33H34BrN5O10/c1-5-46-27-14-21(13-24(34)31(27)49-17-20-7-10-23(11-8-20)39(43)44)16-35-38-28(40)18-48-25-12-9-22(15-26(25)45-4)30-29(32(41)47-6-2)19(3)36-33(42)37-30/h7-16,30H,5-6,17-18H2,1-4H3,(H,38,40)(H2,36,37,42)/b35-16-/t30-/m1/s1. The summed E-state index contributed by atoms with van der Waals surface area (Å²) in [5.74, 6) is 0.253. The molecular formula is C33H34BrN5O10. The van der Waals surface area contributed by atoms with Crippen LogP contribution in [0.1, 0.15) is 43.5 Å². The number of nitro benzene ring substituents is 1. The summed E-state index contributed by atoms with van der Waals surface area (Å²) in [5, 5.41) is 20.2. The van der Waals surface area contributed by atoms with Crippen molar-refractivity contribution in [2.45, 2.75) is 33.4 Å². The van der Waals surface area contributed by atoms with Crippen molar-refractivity contribution in [3.63, 3.8) is 0 Å². The molecule has 3 aromatic carbocycles. The van der Waals surface area contributed by atoms with Crippen molar-refractivity contribution < 1.29 is 43.0 Å². The number of nitrogens with zero attached hydrogens (tertiary/aromatic N) is 2. The van der Waals surface area contributed by atoms with E-state index in [2.05, 4.69) is 37.1 Å². The van der Waals surface area contributed by atoms with Crippen LogP contribution in [-0.2, 0) is 20.9 Å². The van der Waals surface area contributed by atoms with Gasteiger partial charge in [0.2, 0.25) is 0 Å². The van der Waals surface area contributed by atoms with Gasteiger partial charge in [-0.05, 0) is 89.8 Å². The first-order valence-electron chi connectivity index (χ1n) is 14.9. The van der Waals surface area contributed by atoms with E-state index >= 15 is 0 Å². The Hall–Kier alpha value is -5.64. The van der Waals surface area contributed by atoms with Gasteiger partial charge in [-0.15, -0.1) is 0 Å². The molecule has 0 spiro atoms. The molecule has 0 unspecified atom stereocenters. The number of esters is 1. The van der Waals surface area contributed by atoms with Gasteiger partial charge in [0.05, 0.1) is 47.5 Å². The number of hydrazone groups is 1. The molecule has 15 nitrogen and oxygen atoms in total. The Bertz CT molecular complexity index is 1780. The van der Waals surface area contributed by atoms with Crippen molar-refractivity contribution >= 4 is 45.7 Å². The van der Waals surface area contributed by atoms with Gasteiger partial charge >= 0.3 is 12.0 Å². The molecule has 1 heterocycles. The van der Waals surface area contributed by atoms with Crippen molar-refractivity contribution in [2.24, 2.45) is 5.10 Å². The van der Waals surface area contributed by atoms with Crippen LogP contribution in [0.2, 0.25) is 0 Å². The Morgan fingerprint density at radius 3 is 2.45 bits per heavy atom. The summed E-state index contributed by atoms with van der Waals surface area (Å²) in [6.45, 7) is 5.39. The first-order valence-corrected chi connectivity index (χ1v) is 15.7. The zero-order valence-electron chi connectivity index (χ0n) is 27.0. The molecule has 0 saturated carbocycles. The fraction of sp³-hybridized carbons (Fsp3) is 0.273. The molecule has 0 bridgehead atoms. The predicted octanol–water partition coefficient (Wildman–Crippen LogP) is 5.06. The fourth-order valence-electron chi connectivity index (χ4n) is 4.70. The Balaban J connectivity index is 1.38. The van der Waals surface area contributed by atoms with Gasteiger partial charge in [-0.25, -0.2) is 15.0 Å². The summed E-state index contributed by atoms with van der Waals surface area (Å²) in [4.78, 5) is 47.8. The largest absolute Gasteiger partial charge is 0.493 e. The number of nitrogens with one attached hydrogen (secondary N) is 3. The average Bonchev–Trinajstić information content (AvgIpc) is 3.07. The average molecular weight is 741 g/mol.